The highest BCUT2D eigenvalue weighted by Crippen LogP contribution is 2.41. The summed E-state index contributed by atoms with van der Waals surface area (Å²) in [7, 11) is -1.86. The Balaban J connectivity index is 2.16. The van der Waals surface area contributed by atoms with Gasteiger partial charge in [0.15, 0.2) is 0 Å². The number of unbranched alkanes of at least 4 members (excludes halogenated alkanes) is 3. The van der Waals surface area contributed by atoms with Crippen molar-refractivity contribution < 1.29 is 9.31 Å². The fourth-order valence-electron chi connectivity index (χ4n) is 4.05. The Morgan fingerprint density at radius 2 is 1.57 bits per heavy atom. The minimum Gasteiger partial charge on any atom is -0.400 e. The van der Waals surface area contributed by atoms with Gasteiger partial charge < -0.3 is 9.31 Å². The maximum Gasteiger partial charge on any atom is 0.490 e. The van der Waals surface area contributed by atoms with Gasteiger partial charge in [-0.15, -0.1) is 6.58 Å². The first kappa shape index (κ1) is 23.4. The largest absolute Gasteiger partial charge is 0.490 e. The molecule has 156 valence electrons. The lowest BCUT2D eigenvalue weighted by Crippen LogP contribution is -2.44. The van der Waals surface area contributed by atoms with Gasteiger partial charge in [0, 0.05) is 0 Å². The van der Waals surface area contributed by atoms with Crippen LogP contribution in [-0.2, 0) is 9.31 Å². The van der Waals surface area contributed by atoms with Crippen LogP contribution in [0.2, 0.25) is 19.1 Å². The molecule has 0 N–H and O–H groups in total. The predicted molar refractivity (Wildman–Crippen MR) is 126 cm³/mol. The summed E-state index contributed by atoms with van der Waals surface area (Å²) in [6.45, 7) is 20.3. The number of hydrogen-bond acceptors (Lipinski definition) is 2. The van der Waals surface area contributed by atoms with Gasteiger partial charge in [-0.05, 0) is 51.6 Å². The van der Waals surface area contributed by atoms with Crippen LogP contribution in [0, 0.1) is 5.92 Å². The average Bonchev–Trinajstić information content (AvgIpc) is 2.85. The zero-order valence-corrected chi connectivity index (χ0v) is 20.3. The molecule has 0 aliphatic carbocycles. The third kappa shape index (κ3) is 5.61. The summed E-state index contributed by atoms with van der Waals surface area (Å²) in [6.07, 6.45) is 6.34. The van der Waals surface area contributed by atoms with Crippen LogP contribution in [0.5, 0.6) is 0 Å². The molecule has 1 aromatic carbocycles. The normalized spacial score (nSPS) is 19.6. The van der Waals surface area contributed by atoms with E-state index in [1.807, 2.05) is 0 Å². The van der Waals surface area contributed by atoms with Crippen LogP contribution in [0.3, 0.4) is 0 Å². The van der Waals surface area contributed by atoms with Crippen molar-refractivity contribution in [1.29, 1.82) is 0 Å². The maximum absolute atomic E-state index is 6.35. The maximum atomic E-state index is 6.35. The van der Waals surface area contributed by atoms with Gasteiger partial charge in [0.2, 0.25) is 0 Å². The zero-order chi connectivity index (χ0) is 21.0. The molecule has 1 aliphatic rings. The highest BCUT2D eigenvalue weighted by atomic mass is 28.3. The lowest BCUT2D eigenvalue weighted by molar-refractivity contribution is 0.00578. The van der Waals surface area contributed by atoms with E-state index in [9.17, 15) is 0 Å². The summed E-state index contributed by atoms with van der Waals surface area (Å²) in [5.41, 5.74) is 0.533. The van der Waals surface area contributed by atoms with E-state index in [4.69, 9.17) is 9.31 Å². The van der Waals surface area contributed by atoms with Gasteiger partial charge in [-0.1, -0.05) is 81.2 Å². The number of rotatable bonds is 10. The molecule has 0 spiro atoms. The van der Waals surface area contributed by atoms with E-state index >= 15 is 0 Å². The molecule has 1 aliphatic heterocycles. The highest BCUT2D eigenvalue weighted by molar-refractivity contribution is 6.89. The van der Waals surface area contributed by atoms with E-state index in [2.05, 4.69) is 84.6 Å². The molecule has 0 aromatic heterocycles. The Morgan fingerprint density at radius 1 is 1.00 bits per heavy atom. The topological polar surface area (TPSA) is 18.5 Å². The minimum absolute atomic E-state index is 0.290. The first-order valence-corrected chi connectivity index (χ1v) is 14.3. The first-order valence-electron chi connectivity index (χ1n) is 11.1. The van der Waals surface area contributed by atoms with Crippen molar-refractivity contribution in [2.75, 3.05) is 0 Å². The van der Waals surface area contributed by atoms with Gasteiger partial charge in [-0.2, -0.15) is 0 Å². The molecule has 1 heterocycles. The second kappa shape index (κ2) is 9.32. The Bertz CT molecular complexity index is 623. The SMILES string of the molecule is C=C(B1OC(C)(C)C(C)(C)O1)[C@H](CCCCCC)C[Si](C)(C)c1ccccc1. The summed E-state index contributed by atoms with van der Waals surface area (Å²) >= 11 is 0. The third-order valence-electron chi connectivity index (χ3n) is 6.80. The van der Waals surface area contributed by atoms with Crippen molar-refractivity contribution >= 4 is 20.4 Å². The molecule has 0 saturated carbocycles. The molecule has 2 nitrogen and oxygen atoms in total. The Hall–Kier alpha value is -0.838. The van der Waals surface area contributed by atoms with Crippen LogP contribution >= 0.6 is 0 Å². The molecule has 0 radical (unpaired) electrons. The molecule has 0 amide bonds. The van der Waals surface area contributed by atoms with Gasteiger partial charge in [0.25, 0.3) is 0 Å². The summed E-state index contributed by atoms with van der Waals surface area (Å²) < 4.78 is 12.7. The van der Waals surface area contributed by atoms with Crippen LogP contribution in [0.15, 0.2) is 42.4 Å². The number of benzene rings is 1. The molecule has 0 unspecified atom stereocenters. The molecule has 4 heteroatoms. The lowest BCUT2D eigenvalue weighted by atomic mass is 9.71. The van der Waals surface area contributed by atoms with Gasteiger partial charge >= 0.3 is 7.12 Å². The molecule has 28 heavy (non-hydrogen) atoms. The van der Waals surface area contributed by atoms with Gasteiger partial charge in [0.1, 0.15) is 0 Å². The van der Waals surface area contributed by atoms with Gasteiger partial charge in [-0.25, -0.2) is 0 Å². The van der Waals surface area contributed by atoms with Gasteiger partial charge in [-0.3, -0.25) is 0 Å². The van der Waals surface area contributed by atoms with E-state index in [1.54, 1.807) is 0 Å². The monoisotopic (exact) mass is 400 g/mol. The smallest absolute Gasteiger partial charge is 0.400 e. The van der Waals surface area contributed by atoms with E-state index in [-0.39, 0.29) is 18.3 Å². The van der Waals surface area contributed by atoms with Crippen molar-refractivity contribution in [1.82, 2.24) is 0 Å². The minimum atomic E-state index is -1.57. The molecular weight excluding hydrogens is 359 g/mol. The van der Waals surface area contributed by atoms with Crippen molar-refractivity contribution in [3.05, 3.63) is 42.4 Å². The quantitative estimate of drug-likeness (QED) is 0.335. The van der Waals surface area contributed by atoms with Crippen molar-refractivity contribution in [2.24, 2.45) is 5.92 Å². The first-order chi connectivity index (χ1) is 13.0. The average molecular weight is 400 g/mol. The lowest BCUT2D eigenvalue weighted by Gasteiger charge is -2.32. The number of allylic oxidation sites excluding steroid dienone is 1. The fourth-order valence-corrected chi connectivity index (χ4v) is 7.07. The number of hydrogen-bond donors (Lipinski definition) is 0. The predicted octanol–water partition coefficient (Wildman–Crippen LogP) is 6.38. The van der Waals surface area contributed by atoms with E-state index in [0.29, 0.717) is 5.92 Å². The molecule has 1 fully saturated rings. The van der Waals surface area contributed by atoms with Crippen LogP contribution in [-0.4, -0.2) is 26.4 Å². The summed E-state index contributed by atoms with van der Waals surface area (Å²) in [5.74, 6) is 0.452. The molecule has 1 aromatic rings. The van der Waals surface area contributed by atoms with Gasteiger partial charge in [0.05, 0.1) is 19.3 Å². The van der Waals surface area contributed by atoms with Crippen LogP contribution in [0.4, 0.5) is 0 Å². The summed E-state index contributed by atoms with van der Waals surface area (Å²) in [4.78, 5) is 0. The van der Waals surface area contributed by atoms with E-state index in [0.717, 1.165) is 5.47 Å². The Kier molecular flexibility index (Phi) is 7.80. The van der Waals surface area contributed by atoms with Crippen molar-refractivity contribution in [2.45, 2.75) is 97.1 Å². The van der Waals surface area contributed by atoms with Crippen LogP contribution < -0.4 is 5.19 Å². The second-order valence-electron chi connectivity index (χ2n) is 10.2. The van der Waals surface area contributed by atoms with Crippen molar-refractivity contribution in [3.63, 3.8) is 0 Å². The van der Waals surface area contributed by atoms with Crippen LogP contribution in [0.25, 0.3) is 0 Å². The molecular formula is C24H41BO2Si. The molecule has 2 rings (SSSR count). The van der Waals surface area contributed by atoms with Crippen LogP contribution in [0.1, 0.15) is 66.7 Å². The standard InChI is InChI=1S/C24H41BO2Si/c1-9-10-11-13-16-21(19-28(7,8)22-17-14-12-15-18-22)20(2)25-26-23(3,4)24(5,6)27-25/h12,14-15,17-18,21H,2,9-11,13,16,19H2,1,3-8H3/t21-/m1/s1. The molecule has 0 bridgehead atoms. The van der Waals surface area contributed by atoms with Crippen molar-refractivity contribution in [3.8, 4) is 0 Å². The fraction of sp³-hybridized carbons (Fsp3) is 0.667. The van der Waals surface area contributed by atoms with E-state index in [1.165, 1.54) is 43.3 Å². The molecule has 1 saturated heterocycles. The zero-order valence-electron chi connectivity index (χ0n) is 19.3. The summed E-state index contributed by atoms with van der Waals surface area (Å²) in [5, 5.41) is 1.52. The highest BCUT2D eigenvalue weighted by Gasteiger charge is 2.53. The Labute approximate surface area is 175 Å². The molecule has 1 atom stereocenters. The Morgan fingerprint density at radius 3 is 2.11 bits per heavy atom. The van der Waals surface area contributed by atoms with E-state index < -0.39 is 8.07 Å². The third-order valence-corrected chi connectivity index (χ3v) is 10.2. The summed E-state index contributed by atoms with van der Waals surface area (Å²) in [6, 6.07) is 12.3. The second-order valence-corrected chi connectivity index (χ2v) is 14.9.